The Hall–Kier alpha value is -3.72. The molecule has 0 aliphatic carbocycles. The van der Waals surface area contributed by atoms with Crippen LogP contribution in [0.2, 0.25) is 0 Å². The van der Waals surface area contributed by atoms with E-state index in [1.165, 1.54) is 11.3 Å². The summed E-state index contributed by atoms with van der Waals surface area (Å²) in [4.78, 5) is 20.9. The Bertz CT molecular complexity index is 1150. The smallest absolute Gasteiger partial charge is 0.278 e. The summed E-state index contributed by atoms with van der Waals surface area (Å²) in [7, 11) is 1.62. The number of nitrogens with zero attached hydrogens (tertiary/aromatic N) is 3. The van der Waals surface area contributed by atoms with Crippen molar-refractivity contribution in [2.45, 2.75) is 19.8 Å². The lowest BCUT2D eigenvalue weighted by Crippen LogP contribution is -2.13. The average Bonchev–Trinajstić information content (AvgIpc) is 3.50. The van der Waals surface area contributed by atoms with Crippen molar-refractivity contribution in [3.8, 4) is 28.4 Å². The molecule has 4 rings (SSSR count). The van der Waals surface area contributed by atoms with Gasteiger partial charge in [0.15, 0.2) is 5.69 Å². The van der Waals surface area contributed by atoms with Crippen LogP contribution in [0.1, 0.15) is 30.3 Å². The first-order valence-corrected chi connectivity index (χ1v) is 11.2. The number of H-pyrrole nitrogens is 1. The first-order valence-electron chi connectivity index (χ1n) is 10.3. The van der Waals surface area contributed by atoms with E-state index in [4.69, 9.17) is 4.74 Å². The number of ether oxygens (including phenoxy) is 1. The maximum absolute atomic E-state index is 13.0. The minimum absolute atomic E-state index is 0.283. The topological polar surface area (TPSA) is 105 Å². The first-order chi connectivity index (χ1) is 15.7. The molecule has 0 bridgehead atoms. The Morgan fingerprint density at radius 1 is 1.09 bits per heavy atom. The van der Waals surface area contributed by atoms with E-state index in [2.05, 4.69) is 37.7 Å². The second kappa shape index (κ2) is 10.1. The van der Waals surface area contributed by atoms with Crippen LogP contribution in [0.3, 0.4) is 0 Å². The highest BCUT2D eigenvalue weighted by Gasteiger charge is 2.21. The van der Waals surface area contributed by atoms with Crippen molar-refractivity contribution in [1.82, 2.24) is 20.2 Å². The van der Waals surface area contributed by atoms with Gasteiger partial charge in [-0.2, -0.15) is 0 Å². The van der Waals surface area contributed by atoms with E-state index in [1.807, 2.05) is 48.5 Å². The number of methoxy groups -OCH3 is 1. The van der Waals surface area contributed by atoms with Gasteiger partial charge in [-0.15, -0.1) is 10.2 Å². The van der Waals surface area contributed by atoms with Crippen LogP contribution < -0.4 is 15.4 Å². The van der Waals surface area contributed by atoms with Gasteiger partial charge in [0.05, 0.1) is 12.8 Å². The Balaban J connectivity index is 1.65. The molecule has 164 valence electrons. The largest absolute Gasteiger partial charge is 0.497 e. The molecular weight excluding hydrogens is 424 g/mol. The van der Waals surface area contributed by atoms with E-state index in [1.54, 1.807) is 12.6 Å². The zero-order valence-corrected chi connectivity index (χ0v) is 18.7. The second-order valence-electron chi connectivity index (χ2n) is 7.09. The molecule has 32 heavy (non-hydrogen) atoms. The van der Waals surface area contributed by atoms with E-state index >= 15 is 0 Å². The number of carbonyl (C=O) groups excluding carboxylic acids is 1. The van der Waals surface area contributed by atoms with Crippen molar-refractivity contribution in [2.24, 2.45) is 0 Å². The minimum atomic E-state index is -0.354. The molecule has 0 fully saturated rings. The molecule has 2 aromatic heterocycles. The molecule has 1 amide bonds. The van der Waals surface area contributed by atoms with Gasteiger partial charge in [0.2, 0.25) is 5.13 Å². The van der Waals surface area contributed by atoms with Gasteiger partial charge in [0, 0.05) is 23.4 Å². The summed E-state index contributed by atoms with van der Waals surface area (Å²) in [6, 6.07) is 15.5. The van der Waals surface area contributed by atoms with E-state index in [9.17, 15) is 4.79 Å². The molecular formula is C23H24N6O2S. The van der Waals surface area contributed by atoms with Crippen LogP contribution in [-0.2, 0) is 0 Å². The van der Waals surface area contributed by atoms with Gasteiger partial charge in [-0.05, 0) is 55.0 Å². The number of aromatic nitrogens is 4. The van der Waals surface area contributed by atoms with E-state index in [0.717, 1.165) is 42.0 Å². The Labute approximate surface area is 190 Å². The lowest BCUT2D eigenvalue weighted by molar-refractivity contribution is 0.102. The molecule has 3 N–H and O–H groups in total. The lowest BCUT2D eigenvalue weighted by Gasteiger charge is -2.06. The van der Waals surface area contributed by atoms with Gasteiger partial charge in [-0.1, -0.05) is 24.7 Å². The molecule has 2 heterocycles. The normalized spacial score (nSPS) is 10.7. The molecule has 0 aliphatic heterocycles. The van der Waals surface area contributed by atoms with Crippen LogP contribution in [0, 0.1) is 0 Å². The maximum atomic E-state index is 13.0. The van der Waals surface area contributed by atoms with Crippen molar-refractivity contribution in [2.75, 3.05) is 24.3 Å². The molecule has 0 spiro atoms. The fraction of sp³-hybridized carbons (Fsp3) is 0.217. The van der Waals surface area contributed by atoms with Crippen LogP contribution in [0.5, 0.6) is 5.75 Å². The predicted molar refractivity (Wildman–Crippen MR) is 127 cm³/mol. The molecule has 0 saturated heterocycles. The highest BCUT2D eigenvalue weighted by Crippen LogP contribution is 2.29. The standard InChI is InChI=1S/C23H24N6O2S/c1-3-4-13-24-17-9-5-16(6-10-17)21-26-19(15-7-11-18(31-2)12-8-15)20(27-21)22(30)28-23-29-25-14-32-23/h5-12,14,24H,3-4,13H2,1-2H3,(H,26,27)(H,28,29,30). The summed E-state index contributed by atoms with van der Waals surface area (Å²) >= 11 is 1.25. The van der Waals surface area contributed by atoms with Crippen LogP contribution in [0.4, 0.5) is 10.8 Å². The molecule has 2 aromatic carbocycles. The van der Waals surface area contributed by atoms with Crippen LogP contribution in [0.15, 0.2) is 54.0 Å². The zero-order valence-electron chi connectivity index (χ0n) is 17.9. The van der Waals surface area contributed by atoms with Gasteiger partial charge >= 0.3 is 0 Å². The van der Waals surface area contributed by atoms with Crippen molar-refractivity contribution in [3.63, 3.8) is 0 Å². The summed E-state index contributed by atoms with van der Waals surface area (Å²) in [5.74, 6) is 0.991. The third-order valence-electron chi connectivity index (χ3n) is 4.90. The summed E-state index contributed by atoms with van der Waals surface area (Å²) in [6.45, 7) is 3.11. The number of unbranched alkanes of at least 4 members (excludes halogenated alkanes) is 1. The highest BCUT2D eigenvalue weighted by atomic mass is 32.1. The van der Waals surface area contributed by atoms with Crippen molar-refractivity contribution in [1.29, 1.82) is 0 Å². The fourth-order valence-corrected chi connectivity index (χ4v) is 3.62. The molecule has 8 nitrogen and oxygen atoms in total. The van der Waals surface area contributed by atoms with Gasteiger partial charge in [0.1, 0.15) is 17.1 Å². The predicted octanol–water partition coefficient (Wildman–Crippen LogP) is 5.07. The summed E-state index contributed by atoms with van der Waals surface area (Å²) < 4.78 is 5.25. The number of imidazole rings is 1. The fourth-order valence-electron chi connectivity index (χ4n) is 3.18. The summed E-state index contributed by atoms with van der Waals surface area (Å²) in [6.07, 6.45) is 2.27. The number of benzene rings is 2. The minimum Gasteiger partial charge on any atom is -0.497 e. The SMILES string of the molecule is CCCCNc1ccc(-c2nc(C(=O)Nc3nncs3)c(-c3ccc(OC)cc3)[nH]2)cc1. The van der Waals surface area contributed by atoms with Gasteiger partial charge in [-0.25, -0.2) is 4.98 Å². The van der Waals surface area contributed by atoms with Gasteiger partial charge in [-0.3, -0.25) is 10.1 Å². The number of aromatic amines is 1. The van der Waals surface area contributed by atoms with E-state index in [0.29, 0.717) is 16.6 Å². The van der Waals surface area contributed by atoms with Gasteiger partial charge in [0.25, 0.3) is 5.91 Å². The number of rotatable bonds is 9. The highest BCUT2D eigenvalue weighted by molar-refractivity contribution is 7.13. The summed E-state index contributed by atoms with van der Waals surface area (Å²) in [5, 5.41) is 14.2. The monoisotopic (exact) mass is 448 g/mol. The average molecular weight is 449 g/mol. The Morgan fingerprint density at radius 2 is 1.84 bits per heavy atom. The molecule has 4 aromatic rings. The first kappa shape index (κ1) is 21.5. The quantitative estimate of drug-likeness (QED) is 0.309. The molecule has 0 atom stereocenters. The van der Waals surface area contributed by atoms with E-state index in [-0.39, 0.29) is 11.6 Å². The number of carbonyl (C=O) groups is 1. The molecule has 0 aliphatic rings. The number of amides is 1. The van der Waals surface area contributed by atoms with Crippen molar-refractivity contribution >= 4 is 28.1 Å². The summed E-state index contributed by atoms with van der Waals surface area (Å²) in [5.41, 5.74) is 5.23. The Morgan fingerprint density at radius 3 is 2.50 bits per heavy atom. The maximum Gasteiger partial charge on any atom is 0.278 e. The zero-order chi connectivity index (χ0) is 22.3. The van der Waals surface area contributed by atoms with Gasteiger partial charge < -0.3 is 15.0 Å². The number of hydrogen-bond donors (Lipinski definition) is 3. The molecule has 0 unspecified atom stereocenters. The second-order valence-corrected chi connectivity index (χ2v) is 7.93. The van der Waals surface area contributed by atoms with Crippen LogP contribution >= 0.6 is 11.3 Å². The number of anilines is 2. The van der Waals surface area contributed by atoms with Crippen LogP contribution in [-0.4, -0.2) is 39.7 Å². The molecule has 0 radical (unpaired) electrons. The number of hydrogen-bond acceptors (Lipinski definition) is 7. The van der Waals surface area contributed by atoms with Crippen molar-refractivity contribution < 1.29 is 9.53 Å². The number of nitrogens with one attached hydrogen (secondary N) is 3. The third kappa shape index (κ3) is 4.94. The van der Waals surface area contributed by atoms with E-state index < -0.39 is 0 Å². The third-order valence-corrected chi connectivity index (χ3v) is 5.50. The Kier molecular flexibility index (Phi) is 6.76. The molecule has 9 heteroatoms. The van der Waals surface area contributed by atoms with Crippen LogP contribution in [0.25, 0.3) is 22.6 Å². The van der Waals surface area contributed by atoms with Crippen molar-refractivity contribution in [3.05, 3.63) is 59.7 Å². The lowest BCUT2D eigenvalue weighted by atomic mass is 10.1. The molecule has 0 saturated carbocycles.